The third kappa shape index (κ3) is 7.10. The molecule has 0 fully saturated rings. The van der Waals surface area contributed by atoms with Gasteiger partial charge in [0.2, 0.25) is 0 Å². The van der Waals surface area contributed by atoms with Crippen LogP contribution in [0.2, 0.25) is 0 Å². The van der Waals surface area contributed by atoms with Crippen LogP contribution in [0.5, 0.6) is 0 Å². The summed E-state index contributed by atoms with van der Waals surface area (Å²) in [6.07, 6.45) is 8.83. The van der Waals surface area contributed by atoms with E-state index in [1.54, 1.807) is 0 Å². The fourth-order valence-corrected chi connectivity index (χ4v) is 4.66. The predicted octanol–water partition coefficient (Wildman–Crippen LogP) is 5.37. The Hall–Kier alpha value is -1.50. The standard InChI is InChI=1S/C22H29O2P/c1-2-3-4-5-6-9-14-20(19-23)24-25(21-15-10-7-11-16-21)22-17-12-8-13-18-22/h7-8,10-13,15-20H,2-6,9,14H2,1H3/t20-/m1/s1. The first-order chi connectivity index (χ1) is 12.3. The van der Waals surface area contributed by atoms with Crippen LogP contribution in [0.3, 0.4) is 0 Å². The van der Waals surface area contributed by atoms with E-state index < -0.39 is 8.15 Å². The minimum Gasteiger partial charge on any atom is -0.339 e. The monoisotopic (exact) mass is 356 g/mol. The molecular formula is C22H29O2P. The van der Waals surface area contributed by atoms with E-state index in [0.717, 1.165) is 29.7 Å². The summed E-state index contributed by atoms with van der Waals surface area (Å²) in [5.74, 6) is 0. The van der Waals surface area contributed by atoms with Crippen molar-refractivity contribution in [2.45, 2.75) is 58.0 Å². The molecule has 2 aromatic carbocycles. The highest BCUT2D eigenvalue weighted by molar-refractivity contribution is 7.68. The normalized spacial score (nSPS) is 12.2. The fourth-order valence-electron chi connectivity index (χ4n) is 2.80. The lowest BCUT2D eigenvalue weighted by Gasteiger charge is -2.22. The molecule has 0 amide bonds. The van der Waals surface area contributed by atoms with Crippen LogP contribution in [0, 0.1) is 0 Å². The number of rotatable bonds is 12. The zero-order valence-corrected chi connectivity index (χ0v) is 16.0. The van der Waals surface area contributed by atoms with Gasteiger partial charge in [-0.05, 0) is 6.42 Å². The number of carbonyl (C=O) groups is 1. The van der Waals surface area contributed by atoms with Gasteiger partial charge < -0.3 is 9.32 Å². The number of benzene rings is 2. The molecule has 0 unspecified atom stereocenters. The maximum atomic E-state index is 11.6. The molecule has 2 nitrogen and oxygen atoms in total. The molecule has 0 aliphatic rings. The third-order valence-corrected chi connectivity index (χ3v) is 6.23. The van der Waals surface area contributed by atoms with Crippen LogP contribution < -0.4 is 10.6 Å². The Morgan fingerprint density at radius 2 is 1.36 bits per heavy atom. The Morgan fingerprint density at radius 3 is 1.88 bits per heavy atom. The highest BCUT2D eigenvalue weighted by atomic mass is 31.1. The van der Waals surface area contributed by atoms with Gasteiger partial charge in [0, 0.05) is 10.6 Å². The number of hydrogen-bond donors (Lipinski definition) is 0. The molecule has 0 aromatic heterocycles. The van der Waals surface area contributed by atoms with E-state index in [4.69, 9.17) is 4.52 Å². The van der Waals surface area contributed by atoms with E-state index >= 15 is 0 Å². The molecule has 2 rings (SSSR count). The van der Waals surface area contributed by atoms with E-state index in [9.17, 15) is 4.79 Å². The van der Waals surface area contributed by atoms with Gasteiger partial charge in [0.05, 0.1) is 8.15 Å². The molecule has 2 aromatic rings. The molecule has 0 radical (unpaired) electrons. The predicted molar refractivity (Wildman–Crippen MR) is 108 cm³/mol. The van der Waals surface area contributed by atoms with Crippen LogP contribution in [0.1, 0.15) is 51.9 Å². The summed E-state index contributed by atoms with van der Waals surface area (Å²) in [6, 6.07) is 20.5. The van der Waals surface area contributed by atoms with Crippen LogP contribution in [-0.4, -0.2) is 12.4 Å². The number of aldehydes is 1. The first kappa shape index (κ1) is 19.8. The summed E-state index contributed by atoms with van der Waals surface area (Å²) in [5, 5.41) is 2.30. The smallest absolute Gasteiger partial charge is 0.149 e. The lowest BCUT2D eigenvalue weighted by molar-refractivity contribution is -0.113. The molecule has 0 saturated carbocycles. The molecule has 0 aliphatic heterocycles. The van der Waals surface area contributed by atoms with Gasteiger partial charge in [-0.2, -0.15) is 0 Å². The molecule has 0 saturated heterocycles. The molecule has 25 heavy (non-hydrogen) atoms. The van der Waals surface area contributed by atoms with Crippen LogP contribution >= 0.6 is 8.15 Å². The van der Waals surface area contributed by atoms with Crippen LogP contribution in [-0.2, 0) is 9.32 Å². The quantitative estimate of drug-likeness (QED) is 0.290. The van der Waals surface area contributed by atoms with Gasteiger partial charge in [-0.25, -0.2) is 0 Å². The molecule has 1 atom stereocenters. The topological polar surface area (TPSA) is 26.3 Å². The number of carbonyl (C=O) groups excluding carboxylic acids is 1. The van der Waals surface area contributed by atoms with E-state index in [1.165, 1.54) is 32.1 Å². The van der Waals surface area contributed by atoms with Crippen LogP contribution in [0.4, 0.5) is 0 Å². The first-order valence-corrected chi connectivity index (χ1v) is 10.6. The molecular weight excluding hydrogens is 327 g/mol. The Kier molecular flexibility index (Phi) is 9.47. The summed E-state index contributed by atoms with van der Waals surface area (Å²) < 4.78 is 6.30. The molecule has 0 N–H and O–H groups in total. The van der Waals surface area contributed by atoms with Crippen LogP contribution in [0.15, 0.2) is 60.7 Å². The highest BCUT2D eigenvalue weighted by Gasteiger charge is 2.20. The number of hydrogen-bond acceptors (Lipinski definition) is 2. The van der Waals surface area contributed by atoms with Crippen molar-refractivity contribution in [3.63, 3.8) is 0 Å². The molecule has 3 heteroatoms. The largest absolute Gasteiger partial charge is 0.339 e. The lowest BCUT2D eigenvalue weighted by atomic mass is 10.1. The molecule has 134 valence electrons. The molecule has 0 aliphatic carbocycles. The average molecular weight is 356 g/mol. The molecule has 0 spiro atoms. The Labute approximate surface area is 153 Å². The SMILES string of the molecule is CCCCCCCC[C@H](C=O)OP(c1ccccc1)c1ccccc1. The van der Waals surface area contributed by atoms with Crippen molar-refractivity contribution in [3.05, 3.63) is 60.7 Å². The lowest BCUT2D eigenvalue weighted by Crippen LogP contribution is -2.20. The van der Waals surface area contributed by atoms with Gasteiger partial charge in [0.15, 0.2) is 0 Å². The zero-order chi connectivity index (χ0) is 17.7. The van der Waals surface area contributed by atoms with Gasteiger partial charge in [0.1, 0.15) is 12.4 Å². The number of unbranched alkanes of at least 4 members (excludes halogenated alkanes) is 5. The van der Waals surface area contributed by atoms with Crippen molar-refractivity contribution >= 4 is 25.0 Å². The van der Waals surface area contributed by atoms with Gasteiger partial charge in [-0.3, -0.25) is 0 Å². The maximum absolute atomic E-state index is 11.6. The van der Waals surface area contributed by atoms with E-state index in [-0.39, 0.29) is 6.10 Å². The maximum Gasteiger partial charge on any atom is 0.149 e. The van der Waals surface area contributed by atoms with Crippen LogP contribution in [0.25, 0.3) is 0 Å². The second-order valence-electron chi connectivity index (χ2n) is 6.30. The summed E-state index contributed by atoms with van der Waals surface area (Å²) in [6.45, 7) is 2.23. The van der Waals surface area contributed by atoms with E-state index in [1.807, 2.05) is 36.4 Å². The summed E-state index contributed by atoms with van der Waals surface area (Å²) in [5.41, 5.74) is 0. The summed E-state index contributed by atoms with van der Waals surface area (Å²) in [4.78, 5) is 11.6. The molecule has 0 heterocycles. The minimum absolute atomic E-state index is 0.322. The summed E-state index contributed by atoms with van der Waals surface area (Å²) in [7, 11) is -0.958. The third-order valence-electron chi connectivity index (χ3n) is 4.22. The minimum atomic E-state index is -0.958. The van der Waals surface area contributed by atoms with E-state index in [0.29, 0.717) is 0 Å². The summed E-state index contributed by atoms with van der Waals surface area (Å²) >= 11 is 0. The average Bonchev–Trinajstić information content (AvgIpc) is 2.68. The van der Waals surface area contributed by atoms with Gasteiger partial charge in [-0.15, -0.1) is 0 Å². The van der Waals surface area contributed by atoms with Crippen molar-refractivity contribution in [1.82, 2.24) is 0 Å². The second-order valence-corrected chi connectivity index (χ2v) is 8.13. The van der Waals surface area contributed by atoms with Gasteiger partial charge in [-0.1, -0.05) is 106 Å². The second kappa shape index (κ2) is 12.0. The zero-order valence-electron chi connectivity index (χ0n) is 15.1. The Bertz CT molecular complexity index is 546. The Morgan fingerprint density at radius 1 is 0.840 bits per heavy atom. The van der Waals surface area contributed by atoms with Crippen molar-refractivity contribution in [2.24, 2.45) is 0 Å². The highest BCUT2D eigenvalue weighted by Crippen LogP contribution is 2.37. The first-order valence-electron chi connectivity index (χ1n) is 9.37. The van der Waals surface area contributed by atoms with Gasteiger partial charge in [0.25, 0.3) is 0 Å². The Balaban J connectivity index is 1.96. The van der Waals surface area contributed by atoms with Gasteiger partial charge >= 0.3 is 0 Å². The van der Waals surface area contributed by atoms with Crippen molar-refractivity contribution in [3.8, 4) is 0 Å². The van der Waals surface area contributed by atoms with E-state index in [2.05, 4.69) is 31.2 Å². The molecule has 0 bridgehead atoms. The van der Waals surface area contributed by atoms with Crippen molar-refractivity contribution in [2.75, 3.05) is 0 Å². The van der Waals surface area contributed by atoms with Crippen molar-refractivity contribution < 1.29 is 9.32 Å². The fraction of sp³-hybridized carbons (Fsp3) is 0.409. The van der Waals surface area contributed by atoms with Crippen molar-refractivity contribution in [1.29, 1.82) is 0 Å².